The molecule has 0 radical (unpaired) electrons. The smallest absolute Gasteiger partial charge is 0.124 e. The van der Waals surface area contributed by atoms with E-state index in [0.717, 1.165) is 24.0 Å². The third-order valence-corrected chi connectivity index (χ3v) is 2.03. The fraction of sp³-hybridized carbons (Fsp3) is 0.308. The molecule has 1 nitrogen and oxygen atoms in total. The van der Waals surface area contributed by atoms with E-state index in [0.29, 0.717) is 0 Å². The summed E-state index contributed by atoms with van der Waals surface area (Å²) in [4.78, 5) is 0. The minimum absolute atomic E-state index is 0.256. The number of hydrogen-bond acceptors (Lipinski definition) is 1. The van der Waals surface area contributed by atoms with Gasteiger partial charge in [0.1, 0.15) is 5.82 Å². The molecule has 0 aliphatic rings. The quantitative estimate of drug-likeness (QED) is 0.731. The zero-order chi connectivity index (χ0) is 11.1. The van der Waals surface area contributed by atoms with Gasteiger partial charge in [-0.1, -0.05) is 31.6 Å². The highest BCUT2D eigenvalue weighted by molar-refractivity contribution is 5.50. The van der Waals surface area contributed by atoms with Crippen molar-refractivity contribution in [3.63, 3.8) is 0 Å². The Balaban J connectivity index is 2.84. The van der Waals surface area contributed by atoms with E-state index in [-0.39, 0.29) is 12.2 Å². The average Bonchev–Trinajstić information content (AvgIpc) is 2.18. The van der Waals surface area contributed by atoms with Crippen molar-refractivity contribution in [2.75, 3.05) is 0 Å². The van der Waals surface area contributed by atoms with Gasteiger partial charge < -0.3 is 0 Å². The first-order valence-electron chi connectivity index (χ1n) is 5.09. The van der Waals surface area contributed by atoms with Gasteiger partial charge in [-0.15, -0.1) is 0 Å². The molecule has 0 atom stereocenters. The number of unbranched alkanes of at least 4 members (excludes halogenated alkanes) is 1. The van der Waals surface area contributed by atoms with Crippen molar-refractivity contribution in [2.45, 2.75) is 26.2 Å². The topological polar surface area (TPSA) is 23.8 Å². The van der Waals surface area contributed by atoms with E-state index in [1.54, 1.807) is 0 Å². The zero-order valence-electron chi connectivity index (χ0n) is 8.83. The zero-order valence-corrected chi connectivity index (χ0v) is 8.83. The molecule has 1 aromatic carbocycles. The second kappa shape index (κ2) is 5.98. The van der Waals surface area contributed by atoms with E-state index in [9.17, 15) is 4.39 Å². The molecule has 0 saturated heterocycles. The molecule has 1 rings (SSSR count). The van der Waals surface area contributed by atoms with Gasteiger partial charge in [-0.05, 0) is 29.7 Å². The number of hydrogen-bond donors (Lipinski definition) is 0. The molecule has 0 spiro atoms. The molecule has 0 aliphatic carbocycles. The summed E-state index contributed by atoms with van der Waals surface area (Å²) in [7, 11) is 0. The van der Waals surface area contributed by atoms with Gasteiger partial charge in [-0.3, -0.25) is 0 Å². The van der Waals surface area contributed by atoms with Crippen LogP contribution >= 0.6 is 0 Å². The van der Waals surface area contributed by atoms with Gasteiger partial charge in [0.05, 0.1) is 12.5 Å². The van der Waals surface area contributed by atoms with Crippen LogP contribution < -0.4 is 0 Å². The summed E-state index contributed by atoms with van der Waals surface area (Å²) in [5.41, 5.74) is 1.56. The lowest BCUT2D eigenvalue weighted by atomic mass is 10.1. The van der Waals surface area contributed by atoms with E-state index in [4.69, 9.17) is 5.26 Å². The van der Waals surface area contributed by atoms with Crippen molar-refractivity contribution in [2.24, 2.45) is 0 Å². The van der Waals surface area contributed by atoms with E-state index in [2.05, 4.69) is 6.92 Å². The van der Waals surface area contributed by atoms with Crippen LogP contribution in [-0.4, -0.2) is 0 Å². The summed E-state index contributed by atoms with van der Waals surface area (Å²) in [6, 6.07) is 6.74. The first-order chi connectivity index (χ1) is 7.26. The van der Waals surface area contributed by atoms with Gasteiger partial charge in [0.15, 0.2) is 0 Å². The van der Waals surface area contributed by atoms with Crippen LogP contribution in [0.2, 0.25) is 0 Å². The van der Waals surface area contributed by atoms with Crippen LogP contribution in [0.25, 0.3) is 6.08 Å². The summed E-state index contributed by atoms with van der Waals surface area (Å²) in [5.74, 6) is -0.279. The summed E-state index contributed by atoms with van der Waals surface area (Å²) >= 11 is 0. The number of allylic oxidation sites excluding steroid dienone is 1. The van der Waals surface area contributed by atoms with Crippen molar-refractivity contribution in [1.29, 1.82) is 5.26 Å². The molecule has 0 saturated carbocycles. The maximum atomic E-state index is 13.1. The van der Waals surface area contributed by atoms with Crippen molar-refractivity contribution in [3.05, 3.63) is 41.2 Å². The minimum atomic E-state index is -0.279. The molecule has 0 amide bonds. The maximum absolute atomic E-state index is 13.1. The maximum Gasteiger partial charge on any atom is 0.124 e. The largest absolute Gasteiger partial charge is 0.207 e. The lowest BCUT2D eigenvalue weighted by molar-refractivity contribution is 0.626. The standard InChI is InChI=1S/C13H14FN/c1-2-3-4-5-11-8-12(6-7-15)10-13(14)9-11/h4-5,8-10H,2-3,6H2,1H3/b5-4+. The Labute approximate surface area is 89.9 Å². The first-order valence-corrected chi connectivity index (χ1v) is 5.09. The molecule has 0 bridgehead atoms. The molecule has 15 heavy (non-hydrogen) atoms. The highest BCUT2D eigenvalue weighted by Crippen LogP contribution is 2.11. The highest BCUT2D eigenvalue weighted by Gasteiger charge is 1.98. The van der Waals surface area contributed by atoms with Crippen LogP contribution in [0.4, 0.5) is 4.39 Å². The second-order valence-corrected chi connectivity index (χ2v) is 3.42. The molecule has 1 aromatic rings. The minimum Gasteiger partial charge on any atom is -0.207 e. The molecule has 2 heteroatoms. The molecular formula is C13H14FN. The Morgan fingerprint density at radius 2 is 2.20 bits per heavy atom. The molecule has 0 fully saturated rings. The van der Waals surface area contributed by atoms with Crippen LogP contribution in [0, 0.1) is 17.1 Å². The molecule has 0 aromatic heterocycles. The molecule has 0 N–H and O–H groups in total. The Morgan fingerprint density at radius 1 is 1.40 bits per heavy atom. The lowest BCUT2D eigenvalue weighted by Gasteiger charge is -1.99. The van der Waals surface area contributed by atoms with Crippen molar-refractivity contribution >= 4 is 6.08 Å². The Bertz CT molecular complexity index is 388. The van der Waals surface area contributed by atoms with Gasteiger partial charge in [-0.25, -0.2) is 4.39 Å². The number of nitrogens with zero attached hydrogens (tertiary/aromatic N) is 1. The summed E-state index contributed by atoms with van der Waals surface area (Å²) < 4.78 is 13.1. The first kappa shape index (κ1) is 11.5. The van der Waals surface area contributed by atoms with Crippen LogP contribution in [0.1, 0.15) is 30.9 Å². The van der Waals surface area contributed by atoms with Gasteiger partial charge in [-0.2, -0.15) is 5.26 Å². The van der Waals surface area contributed by atoms with Gasteiger partial charge >= 0.3 is 0 Å². The van der Waals surface area contributed by atoms with Crippen molar-refractivity contribution in [3.8, 4) is 6.07 Å². The van der Waals surface area contributed by atoms with E-state index in [1.165, 1.54) is 12.1 Å². The van der Waals surface area contributed by atoms with Crippen molar-refractivity contribution in [1.82, 2.24) is 0 Å². The lowest BCUT2D eigenvalue weighted by Crippen LogP contribution is -1.86. The Kier molecular flexibility index (Phi) is 4.56. The van der Waals surface area contributed by atoms with Gasteiger partial charge in [0.25, 0.3) is 0 Å². The molecular weight excluding hydrogens is 189 g/mol. The van der Waals surface area contributed by atoms with Crippen LogP contribution in [0.15, 0.2) is 24.3 Å². The third-order valence-electron chi connectivity index (χ3n) is 2.03. The SMILES string of the molecule is CCC/C=C/c1cc(F)cc(CC#N)c1. The van der Waals surface area contributed by atoms with Gasteiger partial charge in [0, 0.05) is 0 Å². The second-order valence-electron chi connectivity index (χ2n) is 3.42. The summed E-state index contributed by atoms with van der Waals surface area (Å²) in [5, 5.41) is 8.53. The molecule has 0 unspecified atom stereocenters. The molecule has 0 heterocycles. The van der Waals surface area contributed by atoms with Crippen molar-refractivity contribution < 1.29 is 4.39 Å². The van der Waals surface area contributed by atoms with Crippen LogP contribution in [-0.2, 0) is 6.42 Å². The van der Waals surface area contributed by atoms with Gasteiger partial charge in [0.2, 0.25) is 0 Å². The number of nitriles is 1. The monoisotopic (exact) mass is 203 g/mol. The predicted molar refractivity (Wildman–Crippen MR) is 59.7 cm³/mol. The molecule has 78 valence electrons. The predicted octanol–water partition coefficient (Wildman–Crippen LogP) is 3.71. The van der Waals surface area contributed by atoms with Crippen LogP contribution in [0.3, 0.4) is 0 Å². The third kappa shape index (κ3) is 3.95. The van der Waals surface area contributed by atoms with Crippen LogP contribution in [0.5, 0.6) is 0 Å². The Morgan fingerprint density at radius 3 is 2.87 bits per heavy atom. The normalized spacial score (nSPS) is 10.5. The summed E-state index contributed by atoms with van der Waals surface area (Å²) in [6.07, 6.45) is 6.24. The summed E-state index contributed by atoms with van der Waals surface area (Å²) in [6.45, 7) is 2.09. The van der Waals surface area contributed by atoms with E-state index >= 15 is 0 Å². The van der Waals surface area contributed by atoms with E-state index < -0.39 is 0 Å². The fourth-order valence-electron chi connectivity index (χ4n) is 1.35. The number of rotatable bonds is 4. The highest BCUT2D eigenvalue weighted by atomic mass is 19.1. The number of halogens is 1. The number of benzene rings is 1. The van der Waals surface area contributed by atoms with E-state index in [1.807, 2.05) is 24.3 Å². The fourth-order valence-corrected chi connectivity index (χ4v) is 1.35. The molecule has 0 aliphatic heterocycles. The Hall–Kier alpha value is -1.62. The average molecular weight is 203 g/mol.